The first-order valence-corrected chi connectivity index (χ1v) is 6.34. The summed E-state index contributed by atoms with van der Waals surface area (Å²) in [4.78, 5) is 0. The van der Waals surface area contributed by atoms with Gasteiger partial charge < -0.3 is 20.5 Å². The Morgan fingerprint density at radius 2 is 1.94 bits per heavy atom. The van der Waals surface area contributed by atoms with Gasteiger partial charge in [-0.1, -0.05) is 0 Å². The lowest BCUT2D eigenvalue weighted by atomic mass is 10.0. The standard InChI is InChI=1S/C14H22N2O2/c1-10-6-12-13(18-9-17-12)7-11(10)8-16-5-4-14(2,3)15/h6-7,16H,4-5,8-9,15H2,1-3H3. The molecule has 4 nitrogen and oxygen atoms in total. The van der Waals surface area contributed by atoms with Crippen molar-refractivity contribution in [3.63, 3.8) is 0 Å². The van der Waals surface area contributed by atoms with E-state index in [1.54, 1.807) is 0 Å². The molecular weight excluding hydrogens is 228 g/mol. The van der Waals surface area contributed by atoms with E-state index in [2.05, 4.69) is 18.3 Å². The number of hydrogen-bond acceptors (Lipinski definition) is 4. The number of nitrogens with one attached hydrogen (secondary N) is 1. The van der Waals surface area contributed by atoms with Crippen LogP contribution in [0.4, 0.5) is 0 Å². The van der Waals surface area contributed by atoms with E-state index in [1.165, 1.54) is 11.1 Å². The maximum Gasteiger partial charge on any atom is 0.231 e. The predicted octanol–water partition coefficient (Wildman–Crippen LogP) is 1.94. The fourth-order valence-corrected chi connectivity index (χ4v) is 1.91. The van der Waals surface area contributed by atoms with Crippen LogP contribution in [0.2, 0.25) is 0 Å². The first-order valence-electron chi connectivity index (χ1n) is 6.34. The summed E-state index contributed by atoms with van der Waals surface area (Å²) in [5, 5.41) is 3.41. The van der Waals surface area contributed by atoms with Crippen molar-refractivity contribution >= 4 is 0 Å². The van der Waals surface area contributed by atoms with E-state index >= 15 is 0 Å². The van der Waals surface area contributed by atoms with Crippen molar-refractivity contribution in [2.75, 3.05) is 13.3 Å². The molecule has 0 radical (unpaired) electrons. The molecule has 1 heterocycles. The average molecular weight is 250 g/mol. The first kappa shape index (κ1) is 13.2. The number of rotatable bonds is 5. The minimum absolute atomic E-state index is 0.114. The molecule has 0 amide bonds. The van der Waals surface area contributed by atoms with Crippen molar-refractivity contribution in [2.45, 2.75) is 39.3 Å². The Kier molecular flexibility index (Phi) is 3.78. The summed E-state index contributed by atoms with van der Waals surface area (Å²) < 4.78 is 10.7. The van der Waals surface area contributed by atoms with Crippen molar-refractivity contribution in [3.8, 4) is 11.5 Å². The summed E-state index contributed by atoms with van der Waals surface area (Å²) >= 11 is 0. The maximum absolute atomic E-state index is 5.94. The molecule has 4 heteroatoms. The Hall–Kier alpha value is -1.26. The van der Waals surface area contributed by atoms with Crippen LogP contribution < -0.4 is 20.5 Å². The van der Waals surface area contributed by atoms with Crippen molar-refractivity contribution < 1.29 is 9.47 Å². The fourth-order valence-electron chi connectivity index (χ4n) is 1.91. The van der Waals surface area contributed by atoms with Crippen LogP contribution in [-0.2, 0) is 6.54 Å². The van der Waals surface area contributed by atoms with Gasteiger partial charge in [0.15, 0.2) is 11.5 Å². The van der Waals surface area contributed by atoms with E-state index < -0.39 is 0 Å². The molecule has 0 aromatic heterocycles. The van der Waals surface area contributed by atoms with E-state index in [0.717, 1.165) is 31.0 Å². The van der Waals surface area contributed by atoms with E-state index in [9.17, 15) is 0 Å². The molecule has 1 aromatic carbocycles. The van der Waals surface area contributed by atoms with Gasteiger partial charge in [0.1, 0.15) is 0 Å². The fraction of sp³-hybridized carbons (Fsp3) is 0.571. The van der Waals surface area contributed by atoms with Gasteiger partial charge in [-0.3, -0.25) is 0 Å². The third-order valence-electron chi connectivity index (χ3n) is 3.09. The van der Waals surface area contributed by atoms with Gasteiger partial charge in [0.05, 0.1) is 0 Å². The molecule has 0 saturated heterocycles. The van der Waals surface area contributed by atoms with E-state index in [0.29, 0.717) is 6.79 Å². The van der Waals surface area contributed by atoms with Crippen LogP contribution in [0.3, 0.4) is 0 Å². The molecule has 0 atom stereocenters. The summed E-state index contributed by atoms with van der Waals surface area (Å²) in [6.45, 7) is 8.25. The Labute approximate surface area is 108 Å². The van der Waals surface area contributed by atoms with Gasteiger partial charge >= 0.3 is 0 Å². The van der Waals surface area contributed by atoms with Crippen LogP contribution in [0.25, 0.3) is 0 Å². The van der Waals surface area contributed by atoms with Crippen LogP contribution in [0.5, 0.6) is 11.5 Å². The second-order valence-electron chi connectivity index (χ2n) is 5.55. The van der Waals surface area contributed by atoms with Gasteiger partial charge in [-0.25, -0.2) is 0 Å². The second-order valence-corrected chi connectivity index (χ2v) is 5.55. The maximum atomic E-state index is 5.94. The van der Waals surface area contributed by atoms with Gasteiger partial charge in [0.2, 0.25) is 6.79 Å². The summed E-state index contributed by atoms with van der Waals surface area (Å²) in [5.41, 5.74) is 8.29. The zero-order valence-corrected chi connectivity index (χ0v) is 11.4. The average Bonchev–Trinajstić information content (AvgIpc) is 2.70. The van der Waals surface area contributed by atoms with Gasteiger partial charge in [0, 0.05) is 12.1 Å². The molecule has 18 heavy (non-hydrogen) atoms. The Morgan fingerprint density at radius 3 is 2.61 bits per heavy atom. The molecule has 1 aromatic rings. The normalized spacial score (nSPS) is 14.0. The highest BCUT2D eigenvalue weighted by atomic mass is 16.7. The molecule has 0 fully saturated rings. The largest absolute Gasteiger partial charge is 0.454 e. The molecule has 0 bridgehead atoms. The summed E-state index contributed by atoms with van der Waals surface area (Å²) in [5.74, 6) is 1.69. The highest BCUT2D eigenvalue weighted by molar-refractivity contribution is 5.48. The summed E-state index contributed by atoms with van der Waals surface area (Å²) in [6.07, 6.45) is 0.955. The lowest BCUT2D eigenvalue weighted by molar-refractivity contribution is 0.174. The number of aryl methyl sites for hydroxylation is 1. The predicted molar refractivity (Wildman–Crippen MR) is 71.9 cm³/mol. The van der Waals surface area contributed by atoms with Crippen molar-refractivity contribution in [1.29, 1.82) is 0 Å². The zero-order valence-electron chi connectivity index (χ0n) is 11.4. The van der Waals surface area contributed by atoms with Gasteiger partial charge in [-0.15, -0.1) is 0 Å². The molecular formula is C14H22N2O2. The molecule has 0 unspecified atom stereocenters. The second kappa shape index (κ2) is 5.16. The lowest BCUT2D eigenvalue weighted by Gasteiger charge is -2.18. The van der Waals surface area contributed by atoms with Crippen LogP contribution in [-0.4, -0.2) is 18.9 Å². The molecule has 1 aliphatic rings. The molecule has 1 aliphatic heterocycles. The van der Waals surface area contributed by atoms with E-state index in [1.807, 2.05) is 19.9 Å². The van der Waals surface area contributed by atoms with Gasteiger partial charge in [-0.05, 0) is 57.0 Å². The van der Waals surface area contributed by atoms with Crippen molar-refractivity contribution in [3.05, 3.63) is 23.3 Å². The third-order valence-corrected chi connectivity index (χ3v) is 3.09. The third kappa shape index (κ3) is 3.37. The lowest BCUT2D eigenvalue weighted by Crippen LogP contribution is -2.35. The van der Waals surface area contributed by atoms with Crippen LogP contribution in [0, 0.1) is 6.92 Å². The number of benzene rings is 1. The topological polar surface area (TPSA) is 56.5 Å². The molecule has 0 spiro atoms. The Balaban J connectivity index is 1.90. The Bertz CT molecular complexity index is 425. The number of fused-ring (bicyclic) bond motifs is 1. The van der Waals surface area contributed by atoms with Crippen molar-refractivity contribution in [1.82, 2.24) is 5.32 Å². The number of hydrogen-bond donors (Lipinski definition) is 2. The van der Waals surface area contributed by atoms with Gasteiger partial charge in [-0.2, -0.15) is 0 Å². The highest BCUT2D eigenvalue weighted by Gasteiger charge is 2.15. The van der Waals surface area contributed by atoms with Crippen LogP contribution in [0.15, 0.2) is 12.1 Å². The minimum Gasteiger partial charge on any atom is -0.454 e. The smallest absolute Gasteiger partial charge is 0.231 e. The van der Waals surface area contributed by atoms with Crippen LogP contribution in [0.1, 0.15) is 31.4 Å². The molecule has 3 N–H and O–H groups in total. The summed E-state index contributed by atoms with van der Waals surface area (Å²) in [7, 11) is 0. The molecule has 2 rings (SSSR count). The highest BCUT2D eigenvalue weighted by Crippen LogP contribution is 2.34. The quantitative estimate of drug-likeness (QED) is 0.784. The first-order chi connectivity index (χ1) is 8.46. The monoisotopic (exact) mass is 250 g/mol. The molecule has 0 saturated carbocycles. The number of nitrogens with two attached hydrogens (primary N) is 1. The SMILES string of the molecule is Cc1cc2c(cc1CNCCC(C)(C)N)OCO2. The molecule has 100 valence electrons. The summed E-state index contributed by atoms with van der Waals surface area (Å²) in [6, 6.07) is 4.09. The Morgan fingerprint density at radius 1 is 1.28 bits per heavy atom. The minimum atomic E-state index is -0.114. The van der Waals surface area contributed by atoms with Crippen molar-refractivity contribution in [2.24, 2.45) is 5.73 Å². The molecule has 0 aliphatic carbocycles. The van der Waals surface area contributed by atoms with Gasteiger partial charge in [0.25, 0.3) is 0 Å². The van der Waals surface area contributed by atoms with E-state index in [4.69, 9.17) is 15.2 Å². The van der Waals surface area contributed by atoms with Crippen LogP contribution >= 0.6 is 0 Å². The van der Waals surface area contributed by atoms with E-state index in [-0.39, 0.29) is 5.54 Å². The zero-order chi connectivity index (χ0) is 13.2. The number of ether oxygens (including phenoxy) is 2.